The van der Waals surface area contributed by atoms with Crippen LogP contribution in [0.15, 0.2) is 53.8 Å². The van der Waals surface area contributed by atoms with E-state index in [0.717, 1.165) is 18.7 Å². The molecule has 1 aromatic rings. The molecule has 0 saturated carbocycles. The standard InChI is InChI=1S/C21H32N2O3S/c1-3-21(26-14-11-22-27(24)25)15-18(2)20(17-23-12-7-8-13-23)16-19-9-5-4-6-10-19/h3-6,9-10,15,20,22H,7-8,11-14,16-17H2,1-2H3,(H,24,25). The molecule has 1 aromatic carbocycles. The van der Waals surface area contributed by atoms with Gasteiger partial charge >= 0.3 is 0 Å². The van der Waals surface area contributed by atoms with E-state index < -0.39 is 11.3 Å². The fourth-order valence-corrected chi connectivity index (χ4v) is 3.65. The van der Waals surface area contributed by atoms with Crippen LogP contribution in [0.1, 0.15) is 32.3 Å². The number of nitrogens with one attached hydrogen (secondary N) is 1. The van der Waals surface area contributed by atoms with Gasteiger partial charge in [-0.05, 0) is 69.8 Å². The Morgan fingerprint density at radius 3 is 2.67 bits per heavy atom. The molecule has 0 spiro atoms. The van der Waals surface area contributed by atoms with Crippen molar-refractivity contribution in [3.05, 3.63) is 59.4 Å². The van der Waals surface area contributed by atoms with Crippen molar-refractivity contribution in [3.63, 3.8) is 0 Å². The van der Waals surface area contributed by atoms with Gasteiger partial charge in [0.05, 0.1) is 0 Å². The Morgan fingerprint density at radius 1 is 1.33 bits per heavy atom. The van der Waals surface area contributed by atoms with Crippen LogP contribution in [0.3, 0.4) is 0 Å². The molecule has 0 radical (unpaired) electrons. The number of nitrogens with zero attached hydrogens (tertiary/aromatic N) is 1. The van der Waals surface area contributed by atoms with E-state index in [9.17, 15) is 4.21 Å². The largest absolute Gasteiger partial charge is 0.493 e. The minimum Gasteiger partial charge on any atom is -0.493 e. The third-order valence-corrected chi connectivity index (χ3v) is 5.35. The van der Waals surface area contributed by atoms with Crippen LogP contribution in [0.4, 0.5) is 0 Å². The second-order valence-corrected chi connectivity index (χ2v) is 7.75. The summed E-state index contributed by atoms with van der Waals surface area (Å²) >= 11 is -2.00. The van der Waals surface area contributed by atoms with Gasteiger partial charge in [0.1, 0.15) is 12.4 Å². The maximum absolute atomic E-state index is 10.6. The first kappa shape index (κ1) is 21.8. The summed E-state index contributed by atoms with van der Waals surface area (Å²) in [6.07, 6.45) is 7.66. The van der Waals surface area contributed by atoms with Crippen LogP contribution < -0.4 is 4.72 Å². The van der Waals surface area contributed by atoms with Crippen molar-refractivity contribution in [2.75, 3.05) is 32.8 Å². The summed E-state index contributed by atoms with van der Waals surface area (Å²) in [6.45, 7) is 8.26. The van der Waals surface area contributed by atoms with Gasteiger partial charge < -0.3 is 9.64 Å². The van der Waals surface area contributed by atoms with E-state index in [-0.39, 0.29) is 0 Å². The van der Waals surface area contributed by atoms with Crippen LogP contribution in [-0.4, -0.2) is 46.4 Å². The van der Waals surface area contributed by atoms with Gasteiger partial charge in [-0.1, -0.05) is 35.9 Å². The molecule has 150 valence electrons. The zero-order valence-corrected chi connectivity index (χ0v) is 17.2. The van der Waals surface area contributed by atoms with Crippen molar-refractivity contribution in [1.82, 2.24) is 9.62 Å². The second-order valence-electron chi connectivity index (χ2n) is 6.97. The van der Waals surface area contributed by atoms with Crippen LogP contribution in [-0.2, 0) is 22.4 Å². The highest BCUT2D eigenvalue weighted by molar-refractivity contribution is 7.77. The molecule has 1 saturated heterocycles. The van der Waals surface area contributed by atoms with Gasteiger partial charge in [-0.15, -0.1) is 0 Å². The first-order valence-electron chi connectivity index (χ1n) is 9.66. The average Bonchev–Trinajstić information content (AvgIpc) is 3.17. The summed E-state index contributed by atoms with van der Waals surface area (Å²) in [7, 11) is 0. The zero-order valence-electron chi connectivity index (χ0n) is 16.4. The summed E-state index contributed by atoms with van der Waals surface area (Å²) in [5, 5.41) is 0. The molecule has 2 N–H and O–H groups in total. The minimum atomic E-state index is -2.00. The Hall–Kier alpha value is -1.47. The molecule has 0 aromatic heterocycles. The van der Waals surface area contributed by atoms with Crippen molar-refractivity contribution in [1.29, 1.82) is 0 Å². The molecule has 2 rings (SSSR count). The van der Waals surface area contributed by atoms with Gasteiger partial charge in [-0.2, -0.15) is 0 Å². The van der Waals surface area contributed by atoms with E-state index in [0.29, 0.717) is 19.1 Å². The smallest absolute Gasteiger partial charge is 0.231 e. The number of hydrogen-bond donors (Lipinski definition) is 2. The Bertz CT molecular complexity index is 640. The first-order valence-corrected chi connectivity index (χ1v) is 10.8. The van der Waals surface area contributed by atoms with Crippen molar-refractivity contribution in [2.24, 2.45) is 5.92 Å². The average molecular weight is 393 g/mol. The molecular formula is C21H32N2O3S. The fourth-order valence-electron chi connectivity index (χ4n) is 3.39. The predicted octanol–water partition coefficient (Wildman–Crippen LogP) is 3.53. The minimum absolute atomic E-state index is 0.328. The van der Waals surface area contributed by atoms with Gasteiger partial charge in [-0.3, -0.25) is 4.55 Å². The third-order valence-electron chi connectivity index (χ3n) is 4.90. The molecule has 5 nitrogen and oxygen atoms in total. The number of likely N-dealkylation sites (tertiary alicyclic amines) is 1. The molecule has 0 bridgehead atoms. The van der Waals surface area contributed by atoms with Crippen molar-refractivity contribution >= 4 is 11.3 Å². The maximum atomic E-state index is 10.6. The summed E-state index contributed by atoms with van der Waals surface area (Å²) in [4.78, 5) is 2.56. The van der Waals surface area contributed by atoms with E-state index in [1.165, 1.54) is 37.1 Å². The highest BCUT2D eigenvalue weighted by atomic mass is 32.2. The fraction of sp³-hybridized carbons (Fsp3) is 0.524. The number of rotatable bonds is 11. The molecule has 1 heterocycles. The molecule has 6 heteroatoms. The van der Waals surface area contributed by atoms with Crippen LogP contribution in [0.2, 0.25) is 0 Å². The highest BCUT2D eigenvalue weighted by Crippen LogP contribution is 2.22. The Kier molecular flexibility index (Phi) is 9.77. The SMILES string of the molecule is CC=C(C=C(C)C(Cc1ccccc1)CN1CCCC1)OCCNS(=O)O. The quantitative estimate of drug-likeness (QED) is 0.262. The molecule has 1 fully saturated rings. The van der Waals surface area contributed by atoms with E-state index >= 15 is 0 Å². The van der Waals surface area contributed by atoms with Gasteiger partial charge in [0.25, 0.3) is 0 Å². The molecule has 2 atom stereocenters. The number of hydrogen-bond acceptors (Lipinski definition) is 3. The first-order chi connectivity index (χ1) is 13.1. The third kappa shape index (κ3) is 8.39. The molecular weight excluding hydrogens is 360 g/mol. The van der Waals surface area contributed by atoms with E-state index in [1.807, 2.05) is 13.0 Å². The zero-order chi connectivity index (χ0) is 19.5. The highest BCUT2D eigenvalue weighted by Gasteiger charge is 2.19. The van der Waals surface area contributed by atoms with Gasteiger partial charge in [0.15, 0.2) is 0 Å². The van der Waals surface area contributed by atoms with E-state index in [1.54, 1.807) is 0 Å². The van der Waals surface area contributed by atoms with Crippen LogP contribution >= 0.6 is 0 Å². The predicted molar refractivity (Wildman–Crippen MR) is 112 cm³/mol. The second kappa shape index (κ2) is 12.1. The van der Waals surface area contributed by atoms with Crippen molar-refractivity contribution < 1.29 is 13.5 Å². The topological polar surface area (TPSA) is 61.8 Å². The van der Waals surface area contributed by atoms with E-state index in [4.69, 9.17) is 9.29 Å². The molecule has 1 aliphatic rings. The van der Waals surface area contributed by atoms with Gasteiger partial charge in [-0.25, -0.2) is 8.93 Å². The van der Waals surface area contributed by atoms with Crippen molar-refractivity contribution in [3.8, 4) is 0 Å². The normalized spacial score (nSPS) is 18.5. The Morgan fingerprint density at radius 2 is 2.04 bits per heavy atom. The summed E-state index contributed by atoms with van der Waals surface area (Å²) in [5.41, 5.74) is 2.66. The Labute approximate surface area is 165 Å². The summed E-state index contributed by atoms with van der Waals surface area (Å²) in [6, 6.07) is 10.6. The van der Waals surface area contributed by atoms with Crippen LogP contribution in [0, 0.1) is 5.92 Å². The number of allylic oxidation sites excluding steroid dienone is 2. The van der Waals surface area contributed by atoms with Crippen LogP contribution in [0.25, 0.3) is 0 Å². The maximum Gasteiger partial charge on any atom is 0.231 e. The number of benzene rings is 1. The molecule has 27 heavy (non-hydrogen) atoms. The lowest BCUT2D eigenvalue weighted by Crippen LogP contribution is -2.28. The van der Waals surface area contributed by atoms with Crippen LogP contribution in [0.5, 0.6) is 0 Å². The van der Waals surface area contributed by atoms with E-state index in [2.05, 4.69) is 53.0 Å². The molecule has 0 aliphatic carbocycles. The van der Waals surface area contributed by atoms with Crippen molar-refractivity contribution in [2.45, 2.75) is 33.1 Å². The Balaban J connectivity index is 2.01. The van der Waals surface area contributed by atoms with Gasteiger partial charge in [0, 0.05) is 13.1 Å². The lowest BCUT2D eigenvalue weighted by molar-refractivity contribution is 0.228. The monoisotopic (exact) mass is 392 g/mol. The summed E-state index contributed by atoms with van der Waals surface area (Å²) < 4.78 is 27.6. The summed E-state index contributed by atoms with van der Waals surface area (Å²) in [5.74, 6) is 1.24. The molecule has 2 unspecified atom stereocenters. The number of ether oxygens (including phenoxy) is 1. The lowest BCUT2D eigenvalue weighted by Gasteiger charge is -2.25. The van der Waals surface area contributed by atoms with Gasteiger partial charge in [0.2, 0.25) is 11.3 Å². The molecule has 1 aliphatic heterocycles. The lowest BCUT2D eigenvalue weighted by atomic mass is 9.91. The molecule has 0 amide bonds.